The number of hydrogen-bond donors (Lipinski definition) is 2. The lowest BCUT2D eigenvalue weighted by Crippen LogP contribution is -2.43. The van der Waals surface area contributed by atoms with E-state index in [4.69, 9.17) is 4.74 Å². The van der Waals surface area contributed by atoms with Gasteiger partial charge in [0.05, 0.1) is 17.8 Å². The fraction of sp³-hybridized carbons (Fsp3) is 0.733. The number of nitrogens with one attached hydrogen (secondary N) is 1. The summed E-state index contributed by atoms with van der Waals surface area (Å²) >= 11 is 0. The number of amides is 1. The average molecular weight is 295 g/mol. The van der Waals surface area contributed by atoms with E-state index >= 15 is 0 Å². The molecular formula is C15H25N3O3. The van der Waals surface area contributed by atoms with Crippen LogP contribution < -0.4 is 5.32 Å². The maximum atomic E-state index is 11.9. The Kier molecular flexibility index (Phi) is 5.36. The molecule has 0 bridgehead atoms. The minimum Gasteiger partial charge on any atom is -0.388 e. The van der Waals surface area contributed by atoms with Crippen molar-refractivity contribution in [2.45, 2.75) is 64.3 Å². The Morgan fingerprint density at radius 3 is 2.86 bits per heavy atom. The molecule has 1 fully saturated rings. The van der Waals surface area contributed by atoms with Gasteiger partial charge in [0.15, 0.2) is 0 Å². The zero-order chi connectivity index (χ0) is 15.4. The van der Waals surface area contributed by atoms with E-state index in [1.54, 1.807) is 7.11 Å². The normalized spacial score (nSPS) is 25.2. The topological polar surface area (TPSA) is 76.4 Å². The second-order valence-corrected chi connectivity index (χ2v) is 5.77. The molecule has 2 N–H and O–H groups in total. The Balaban J connectivity index is 1.72. The van der Waals surface area contributed by atoms with Crippen LogP contribution in [0.1, 0.15) is 37.1 Å². The number of aliphatic hydroxyl groups excluding tert-OH is 1. The summed E-state index contributed by atoms with van der Waals surface area (Å²) in [5, 5.41) is 17.3. The maximum absolute atomic E-state index is 11.9. The van der Waals surface area contributed by atoms with Gasteiger partial charge in [-0.3, -0.25) is 9.48 Å². The smallest absolute Gasteiger partial charge is 0.220 e. The number of methoxy groups -OCH3 is 1. The Morgan fingerprint density at radius 1 is 1.52 bits per heavy atom. The van der Waals surface area contributed by atoms with Crippen molar-refractivity contribution in [3.8, 4) is 0 Å². The first-order valence-corrected chi connectivity index (χ1v) is 7.52. The van der Waals surface area contributed by atoms with Gasteiger partial charge in [0.25, 0.3) is 0 Å². The quantitative estimate of drug-likeness (QED) is 0.819. The summed E-state index contributed by atoms with van der Waals surface area (Å²) in [5.41, 5.74) is 2.11. The molecule has 1 aliphatic rings. The zero-order valence-corrected chi connectivity index (χ0v) is 13.0. The number of aliphatic hydroxyl groups is 1. The SMILES string of the molecule is CO[C@@H]1CC[C@@H](NC(=O)CCCn2nc(C)cc2C)[C@H]1O. The molecule has 1 aliphatic carbocycles. The second kappa shape index (κ2) is 7.04. The monoisotopic (exact) mass is 295 g/mol. The summed E-state index contributed by atoms with van der Waals surface area (Å²) in [6.07, 6.45) is 1.97. The van der Waals surface area contributed by atoms with Crippen molar-refractivity contribution in [2.75, 3.05) is 7.11 Å². The molecule has 6 heteroatoms. The molecule has 1 amide bonds. The minimum atomic E-state index is -0.602. The average Bonchev–Trinajstić information content (AvgIpc) is 2.93. The van der Waals surface area contributed by atoms with Crippen molar-refractivity contribution in [1.29, 1.82) is 0 Å². The number of carbonyl (C=O) groups is 1. The molecule has 21 heavy (non-hydrogen) atoms. The van der Waals surface area contributed by atoms with Crippen LogP contribution in [0.4, 0.5) is 0 Å². The van der Waals surface area contributed by atoms with E-state index < -0.39 is 6.10 Å². The molecule has 1 aromatic rings. The first kappa shape index (κ1) is 16.0. The van der Waals surface area contributed by atoms with Crippen LogP contribution in [0.5, 0.6) is 0 Å². The van der Waals surface area contributed by atoms with Crippen molar-refractivity contribution >= 4 is 5.91 Å². The summed E-state index contributed by atoms with van der Waals surface area (Å²) in [7, 11) is 1.59. The van der Waals surface area contributed by atoms with Crippen LogP contribution >= 0.6 is 0 Å². The highest BCUT2D eigenvalue weighted by molar-refractivity contribution is 5.76. The molecule has 0 saturated heterocycles. The van der Waals surface area contributed by atoms with Crippen LogP contribution in [0, 0.1) is 13.8 Å². The van der Waals surface area contributed by atoms with Crippen LogP contribution in [0.25, 0.3) is 0 Å². The number of aryl methyl sites for hydroxylation is 3. The van der Waals surface area contributed by atoms with Gasteiger partial charge >= 0.3 is 0 Å². The summed E-state index contributed by atoms with van der Waals surface area (Å²) in [5.74, 6) is -0.0164. The van der Waals surface area contributed by atoms with E-state index in [0.717, 1.165) is 37.2 Å². The summed E-state index contributed by atoms with van der Waals surface area (Å²) in [6, 6.07) is 1.84. The predicted molar refractivity (Wildman–Crippen MR) is 78.9 cm³/mol. The van der Waals surface area contributed by atoms with Crippen molar-refractivity contribution in [1.82, 2.24) is 15.1 Å². The number of rotatable bonds is 6. The highest BCUT2D eigenvalue weighted by Gasteiger charge is 2.35. The number of ether oxygens (including phenoxy) is 1. The molecule has 0 radical (unpaired) electrons. The van der Waals surface area contributed by atoms with E-state index in [1.165, 1.54) is 0 Å². The minimum absolute atomic E-state index is 0.0164. The fourth-order valence-electron chi connectivity index (χ4n) is 2.93. The lowest BCUT2D eigenvalue weighted by atomic mass is 10.2. The van der Waals surface area contributed by atoms with Crippen LogP contribution in [-0.4, -0.2) is 46.2 Å². The van der Waals surface area contributed by atoms with E-state index in [-0.39, 0.29) is 18.1 Å². The Morgan fingerprint density at radius 2 is 2.29 bits per heavy atom. The van der Waals surface area contributed by atoms with E-state index in [9.17, 15) is 9.90 Å². The third-order valence-electron chi connectivity index (χ3n) is 4.08. The van der Waals surface area contributed by atoms with Crippen molar-refractivity contribution < 1.29 is 14.6 Å². The zero-order valence-electron chi connectivity index (χ0n) is 13.0. The molecule has 2 rings (SSSR count). The van der Waals surface area contributed by atoms with Crippen molar-refractivity contribution in [3.05, 3.63) is 17.5 Å². The van der Waals surface area contributed by atoms with Gasteiger partial charge in [-0.2, -0.15) is 5.10 Å². The molecule has 6 nitrogen and oxygen atoms in total. The number of carbonyl (C=O) groups excluding carboxylic acids is 1. The molecule has 118 valence electrons. The Labute approximate surface area is 125 Å². The van der Waals surface area contributed by atoms with Gasteiger partial charge < -0.3 is 15.2 Å². The molecule has 3 atom stereocenters. The molecule has 0 unspecified atom stereocenters. The largest absolute Gasteiger partial charge is 0.388 e. The van der Waals surface area contributed by atoms with Crippen LogP contribution in [0.2, 0.25) is 0 Å². The van der Waals surface area contributed by atoms with E-state index in [0.29, 0.717) is 6.42 Å². The standard InChI is InChI=1S/C15H25N3O3/c1-10-9-11(2)18(17-10)8-4-5-14(19)16-12-6-7-13(21-3)15(12)20/h9,12-13,15,20H,4-8H2,1-3H3,(H,16,19)/t12-,13-,15-/m1/s1. The number of nitrogens with zero attached hydrogens (tertiary/aromatic N) is 2. The van der Waals surface area contributed by atoms with Crippen molar-refractivity contribution in [2.24, 2.45) is 0 Å². The van der Waals surface area contributed by atoms with E-state index in [2.05, 4.69) is 10.4 Å². The predicted octanol–water partition coefficient (Wildman–Crippen LogP) is 0.935. The Bertz CT molecular complexity index is 487. The van der Waals surface area contributed by atoms with Crippen molar-refractivity contribution in [3.63, 3.8) is 0 Å². The number of aromatic nitrogens is 2. The molecule has 1 aromatic heterocycles. The lowest BCUT2D eigenvalue weighted by molar-refractivity contribution is -0.123. The molecular weight excluding hydrogens is 270 g/mol. The molecule has 0 spiro atoms. The van der Waals surface area contributed by atoms with Crippen LogP contribution in [-0.2, 0) is 16.1 Å². The highest BCUT2D eigenvalue weighted by Crippen LogP contribution is 2.22. The van der Waals surface area contributed by atoms with E-state index in [1.807, 2.05) is 24.6 Å². The second-order valence-electron chi connectivity index (χ2n) is 5.77. The van der Waals surface area contributed by atoms with Crippen LogP contribution in [0.3, 0.4) is 0 Å². The molecule has 0 aliphatic heterocycles. The van der Waals surface area contributed by atoms with Gasteiger partial charge in [0.1, 0.15) is 6.10 Å². The van der Waals surface area contributed by atoms with Crippen LogP contribution in [0.15, 0.2) is 6.07 Å². The van der Waals surface area contributed by atoms with Gasteiger partial charge in [-0.05, 0) is 39.2 Å². The lowest BCUT2D eigenvalue weighted by Gasteiger charge is -2.19. The number of hydrogen-bond acceptors (Lipinski definition) is 4. The van der Waals surface area contributed by atoms with Gasteiger partial charge in [-0.25, -0.2) is 0 Å². The fourth-order valence-corrected chi connectivity index (χ4v) is 2.93. The third-order valence-corrected chi connectivity index (χ3v) is 4.08. The molecule has 1 saturated carbocycles. The molecule has 1 heterocycles. The summed E-state index contributed by atoms with van der Waals surface area (Å²) in [6.45, 7) is 4.71. The Hall–Kier alpha value is -1.40. The van der Waals surface area contributed by atoms with Gasteiger partial charge in [0.2, 0.25) is 5.91 Å². The maximum Gasteiger partial charge on any atom is 0.220 e. The van der Waals surface area contributed by atoms with Gasteiger partial charge in [-0.15, -0.1) is 0 Å². The molecule has 0 aromatic carbocycles. The first-order chi connectivity index (χ1) is 10.0. The van der Waals surface area contributed by atoms with Gasteiger partial charge in [0, 0.05) is 25.8 Å². The summed E-state index contributed by atoms with van der Waals surface area (Å²) in [4.78, 5) is 11.9. The highest BCUT2D eigenvalue weighted by atomic mass is 16.5. The third kappa shape index (κ3) is 4.04. The summed E-state index contributed by atoms with van der Waals surface area (Å²) < 4.78 is 7.10. The first-order valence-electron chi connectivity index (χ1n) is 7.52. The van der Waals surface area contributed by atoms with Gasteiger partial charge in [-0.1, -0.05) is 0 Å².